The zero-order valence-electron chi connectivity index (χ0n) is 9.79. The highest BCUT2D eigenvalue weighted by Crippen LogP contribution is 2.12. The molecule has 0 aliphatic heterocycles. The molecule has 0 bridgehead atoms. The molecule has 1 amide bonds. The molecule has 0 unspecified atom stereocenters. The van der Waals surface area contributed by atoms with Gasteiger partial charge >= 0.3 is 0 Å². The van der Waals surface area contributed by atoms with E-state index in [1.807, 2.05) is 24.3 Å². The molecule has 0 aliphatic rings. The zero-order chi connectivity index (χ0) is 12.1. The molecule has 1 aromatic carbocycles. The van der Waals surface area contributed by atoms with Crippen LogP contribution in [0.5, 0.6) is 0 Å². The summed E-state index contributed by atoms with van der Waals surface area (Å²) in [5, 5.41) is 5.76. The molecule has 0 aliphatic carbocycles. The van der Waals surface area contributed by atoms with Gasteiger partial charge in [0.2, 0.25) is 11.9 Å². The van der Waals surface area contributed by atoms with Gasteiger partial charge in [-0.25, -0.2) is 4.98 Å². The number of hydrogen-bond donors (Lipinski definition) is 3. The van der Waals surface area contributed by atoms with Gasteiger partial charge in [0.05, 0.1) is 17.6 Å². The molecule has 17 heavy (non-hydrogen) atoms. The van der Waals surface area contributed by atoms with Crippen LogP contribution in [0.4, 0.5) is 5.95 Å². The van der Waals surface area contributed by atoms with Crippen molar-refractivity contribution in [3.8, 4) is 0 Å². The Balaban J connectivity index is 1.96. The van der Waals surface area contributed by atoms with Gasteiger partial charge in [-0.2, -0.15) is 0 Å². The first-order chi connectivity index (χ1) is 8.29. The fraction of sp³-hybridized carbons (Fsp3) is 0.333. The largest absolute Gasteiger partial charge is 0.324 e. The summed E-state index contributed by atoms with van der Waals surface area (Å²) >= 11 is 0. The van der Waals surface area contributed by atoms with Crippen LogP contribution in [0.25, 0.3) is 11.0 Å². The average Bonchev–Trinajstić information content (AvgIpc) is 2.71. The van der Waals surface area contributed by atoms with Crippen LogP contribution in [-0.4, -0.2) is 29.0 Å². The number of imidazole rings is 1. The molecular weight excluding hydrogens is 216 g/mol. The molecule has 90 valence electrons. The van der Waals surface area contributed by atoms with Crippen molar-refractivity contribution in [2.24, 2.45) is 0 Å². The summed E-state index contributed by atoms with van der Waals surface area (Å²) in [5.41, 5.74) is 1.77. The van der Waals surface area contributed by atoms with Gasteiger partial charge in [-0.3, -0.25) is 10.1 Å². The summed E-state index contributed by atoms with van der Waals surface area (Å²) in [6, 6.07) is 7.66. The van der Waals surface area contributed by atoms with Crippen molar-refractivity contribution < 1.29 is 4.79 Å². The van der Waals surface area contributed by atoms with Crippen molar-refractivity contribution in [1.29, 1.82) is 0 Å². The topological polar surface area (TPSA) is 69.8 Å². The number of amides is 1. The number of nitrogens with one attached hydrogen (secondary N) is 3. The molecule has 1 heterocycles. The van der Waals surface area contributed by atoms with E-state index in [0.717, 1.165) is 24.0 Å². The van der Waals surface area contributed by atoms with Crippen molar-refractivity contribution in [2.45, 2.75) is 13.3 Å². The van der Waals surface area contributed by atoms with Gasteiger partial charge in [-0.15, -0.1) is 0 Å². The van der Waals surface area contributed by atoms with E-state index < -0.39 is 0 Å². The number of aromatic nitrogens is 2. The molecule has 0 atom stereocenters. The van der Waals surface area contributed by atoms with Gasteiger partial charge in [-0.1, -0.05) is 19.1 Å². The Morgan fingerprint density at radius 2 is 2.24 bits per heavy atom. The fourth-order valence-electron chi connectivity index (χ4n) is 1.57. The first kappa shape index (κ1) is 11.6. The van der Waals surface area contributed by atoms with E-state index in [-0.39, 0.29) is 5.91 Å². The lowest BCUT2D eigenvalue weighted by Gasteiger charge is -2.02. The summed E-state index contributed by atoms with van der Waals surface area (Å²) in [6.07, 6.45) is 1.01. The van der Waals surface area contributed by atoms with Crippen LogP contribution in [-0.2, 0) is 4.79 Å². The Kier molecular flexibility index (Phi) is 3.72. The number of anilines is 1. The number of nitrogens with zero attached hydrogens (tertiary/aromatic N) is 1. The summed E-state index contributed by atoms with van der Waals surface area (Å²) in [5.74, 6) is 0.409. The normalized spacial score (nSPS) is 10.6. The van der Waals surface area contributed by atoms with Crippen molar-refractivity contribution in [3.63, 3.8) is 0 Å². The molecule has 1 aromatic heterocycles. The lowest BCUT2D eigenvalue weighted by molar-refractivity contribution is -0.115. The molecule has 0 fully saturated rings. The predicted molar refractivity (Wildman–Crippen MR) is 67.9 cm³/mol. The van der Waals surface area contributed by atoms with Crippen LogP contribution >= 0.6 is 0 Å². The fourth-order valence-corrected chi connectivity index (χ4v) is 1.57. The first-order valence-electron chi connectivity index (χ1n) is 5.75. The standard InChI is InChI=1S/C12H16N4O/c1-2-7-13-8-11(17)16-12-14-9-5-3-4-6-10(9)15-12/h3-6,13H,2,7-8H2,1H3,(H2,14,15,16,17). The van der Waals surface area contributed by atoms with E-state index in [0.29, 0.717) is 12.5 Å². The second-order valence-corrected chi connectivity index (χ2v) is 3.83. The molecule has 0 radical (unpaired) electrons. The lowest BCUT2D eigenvalue weighted by Crippen LogP contribution is -2.28. The van der Waals surface area contributed by atoms with E-state index in [1.165, 1.54) is 0 Å². The second kappa shape index (κ2) is 5.45. The minimum absolute atomic E-state index is 0.0856. The third kappa shape index (κ3) is 3.04. The monoisotopic (exact) mass is 232 g/mol. The molecule has 2 aromatic rings. The molecule has 0 saturated heterocycles. The smallest absolute Gasteiger partial charge is 0.240 e. The number of hydrogen-bond acceptors (Lipinski definition) is 3. The van der Waals surface area contributed by atoms with Crippen LogP contribution in [0.3, 0.4) is 0 Å². The number of para-hydroxylation sites is 2. The van der Waals surface area contributed by atoms with E-state index >= 15 is 0 Å². The van der Waals surface area contributed by atoms with Gasteiger partial charge in [0.1, 0.15) is 0 Å². The number of benzene rings is 1. The Bertz CT molecular complexity index is 473. The summed E-state index contributed by atoms with van der Waals surface area (Å²) < 4.78 is 0. The summed E-state index contributed by atoms with van der Waals surface area (Å²) in [6.45, 7) is 3.21. The number of fused-ring (bicyclic) bond motifs is 1. The predicted octanol–water partition coefficient (Wildman–Crippen LogP) is 1.50. The van der Waals surface area contributed by atoms with Gasteiger partial charge in [0.25, 0.3) is 0 Å². The van der Waals surface area contributed by atoms with Crippen LogP contribution in [0, 0.1) is 0 Å². The van der Waals surface area contributed by atoms with E-state index in [4.69, 9.17) is 0 Å². The van der Waals surface area contributed by atoms with Gasteiger partial charge in [0.15, 0.2) is 0 Å². The average molecular weight is 232 g/mol. The molecule has 2 rings (SSSR count). The minimum atomic E-state index is -0.0856. The minimum Gasteiger partial charge on any atom is -0.324 e. The SMILES string of the molecule is CCCNCC(=O)Nc1nc2ccccc2[nH]1. The number of H-pyrrole nitrogens is 1. The zero-order valence-corrected chi connectivity index (χ0v) is 9.79. The molecule has 3 N–H and O–H groups in total. The quantitative estimate of drug-likeness (QED) is 0.684. The summed E-state index contributed by atoms with van der Waals surface area (Å²) in [4.78, 5) is 18.8. The number of aromatic amines is 1. The van der Waals surface area contributed by atoms with Gasteiger partial charge in [-0.05, 0) is 25.1 Å². The molecule has 5 nitrogen and oxygen atoms in total. The third-order valence-electron chi connectivity index (χ3n) is 2.36. The van der Waals surface area contributed by atoms with E-state index in [1.54, 1.807) is 0 Å². The number of carbonyl (C=O) groups is 1. The lowest BCUT2D eigenvalue weighted by atomic mass is 10.3. The van der Waals surface area contributed by atoms with Crippen molar-refractivity contribution in [1.82, 2.24) is 15.3 Å². The maximum atomic E-state index is 11.5. The van der Waals surface area contributed by atoms with Crippen LogP contribution in [0.1, 0.15) is 13.3 Å². The Morgan fingerprint density at radius 1 is 1.41 bits per heavy atom. The summed E-state index contributed by atoms with van der Waals surface area (Å²) in [7, 11) is 0. The molecule has 0 spiro atoms. The van der Waals surface area contributed by atoms with Crippen LogP contribution in [0.2, 0.25) is 0 Å². The number of carbonyl (C=O) groups excluding carboxylic acids is 1. The van der Waals surface area contributed by atoms with Crippen LogP contribution < -0.4 is 10.6 Å². The molecule has 0 saturated carbocycles. The number of rotatable bonds is 5. The second-order valence-electron chi connectivity index (χ2n) is 3.83. The van der Waals surface area contributed by atoms with Gasteiger partial charge in [0, 0.05) is 0 Å². The van der Waals surface area contributed by atoms with Crippen LogP contribution in [0.15, 0.2) is 24.3 Å². The highest BCUT2D eigenvalue weighted by atomic mass is 16.2. The Hall–Kier alpha value is -1.88. The molecule has 5 heteroatoms. The van der Waals surface area contributed by atoms with Gasteiger partial charge < -0.3 is 10.3 Å². The van der Waals surface area contributed by atoms with E-state index in [9.17, 15) is 4.79 Å². The Labute approximate surface area is 99.6 Å². The highest BCUT2D eigenvalue weighted by molar-refractivity contribution is 5.92. The highest BCUT2D eigenvalue weighted by Gasteiger charge is 2.05. The molecular formula is C12H16N4O. The Morgan fingerprint density at radius 3 is 3.00 bits per heavy atom. The third-order valence-corrected chi connectivity index (χ3v) is 2.36. The first-order valence-corrected chi connectivity index (χ1v) is 5.75. The maximum absolute atomic E-state index is 11.5. The van der Waals surface area contributed by atoms with Crippen molar-refractivity contribution in [2.75, 3.05) is 18.4 Å². The van der Waals surface area contributed by atoms with E-state index in [2.05, 4.69) is 27.5 Å². The van der Waals surface area contributed by atoms with Crippen molar-refractivity contribution >= 4 is 22.9 Å². The maximum Gasteiger partial charge on any atom is 0.240 e. The van der Waals surface area contributed by atoms with Crippen molar-refractivity contribution in [3.05, 3.63) is 24.3 Å².